The van der Waals surface area contributed by atoms with Crippen LogP contribution in [0.15, 0.2) is 36.4 Å². The molecule has 0 spiro atoms. The van der Waals surface area contributed by atoms with Gasteiger partial charge in [-0.3, -0.25) is 0 Å². The summed E-state index contributed by atoms with van der Waals surface area (Å²) in [6.45, 7) is 0.147. The molecule has 1 N–H and O–H groups in total. The zero-order valence-electron chi connectivity index (χ0n) is 7.41. The quantitative estimate of drug-likeness (QED) is 0.705. The van der Waals surface area contributed by atoms with Crippen LogP contribution < -0.4 is 0 Å². The average Bonchev–Trinajstić information content (AvgIpc) is 2.15. The van der Waals surface area contributed by atoms with E-state index in [0.717, 1.165) is 0 Å². The maximum atomic E-state index is 13.0. The molecule has 0 aliphatic heterocycles. The molecule has 0 aliphatic rings. The largest absolute Gasteiger partial charge is 0.396 e. The highest BCUT2D eigenvalue weighted by molar-refractivity contribution is 5.19. The third kappa shape index (κ3) is 3.38. The maximum absolute atomic E-state index is 13.0. The Hall–Kier alpha value is -1.15. The van der Waals surface area contributed by atoms with Gasteiger partial charge in [0.1, 0.15) is 5.82 Å². The van der Waals surface area contributed by atoms with Crippen molar-refractivity contribution in [1.82, 2.24) is 0 Å². The van der Waals surface area contributed by atoms with Gasteiger partial charge in [-0.2, -0.15) is 0 Å². The number of hydrogen-bond acceptors (Lipinski definition) is 1. The molecular weight excluding hydrogens is 167 g/mol. The smallest absolute Gasteiger partial charge is 0.126 e. The van der Waals surface area contributed by atoms with E-state index in [1.807, 2.05) is 18.2 Å². The Morgan fingerprint density at radius 2 is 2.00 bits per heavy atom. The van der Waals surface area contributed by atoms with Gasteiger partial charge in [0.05, 0.1) is 0 Å². The van der Waals surface area contributed by atoms with Crippen LogP contribution in [0.4, 0.5) is 4.39 Å². The summed E-state index contributed by atoms with van der Waals surface area (Å²) in [6.07, 6.45) is 4.95. The van der Waals surface area contributed by atoms with Gasteiger partial charge < -0.3 is 5.11 Å². The molecule has 13 heavy (non-hydrogen) atoms. The second-order valence-electron chi connectivity index (χ2n) is 2.78. The van der Waals surface area contributed by atoms with E-state index in [1.54, 1.807) is 12.1 Å². The first kappa shape index (κ1) is 9.93. The Balaban J connectivity index is 2.49. The van der Waals surface area contributed by atoms with Crippen molar-refractivity contribution in [2.75, 3.05) is 6.61 Å². The van der Waals surface area contributed by atoms with Gasteiger partial charge in [0.25, 0.3) is 0 Å². The standard InChI is InChI=1S/C11H13FO/c12-11-8-4-3-7-10(11)6-2-1-5-9-13/h1-4,7-8,13H,5-6,9H2/b2-1-. The fourth-order valence-corrected chi connectivity index (χ4v) is 1.07. The van der Waals surface area contributed by atoms with Crippen molar-refractivity contribution in [3.05, 3.63) is 47.8 Å². The van der Waals surface area contributed by atoms with Crippen LogP contribution >= 0.6 is 0 Å². The predicted octanol–water partition coefficient (Wildman–Crippen LogP) is 2.31. The molecule has 0 heterocycles. The fourth-order valence-electron chi connectivity index (χ4n) is 1.07. The first-order valence-electron chi connectivity index (χ1n) is 4.34. The first-order chi connectivity index (χ1) is 6.34. The molecule has 0 unspecified atom stereocenters. The number of allylic oxidation sites excluding steroid dienone is 1. The Labute approximate surface area is 77.5 Å². The molecule has 1 aromatic carbocycles. The van der Waals surface area contributed by atoms with Crippen LogP contribution in [0.1, 0.15) is 12.0 Å². The van der Waals surface area contributed by atoms with Crippen LogP contribution in [0.2, 0.25) is 0 Å². The molecule has 1 rings (SSSR count). The van der Waals surface area contributed by atoms with Gasteiger partial charge in [0.15, 0.2) is 0 Å². The lowest BCUT2D eigenvalue weighted by molar-refractivity contribution is 0.302. The van der Waals surface area contributed by atoms with Gasteiger partial charge in [0, 0.05) is 6.61 Å². The normalized spacial score (nSPS) is 10.9. The van der Waals surface area contributed by atoms with Gasteiger partial charge in [0.2, 0.25) is 0 Å². The summed E-state index contributed by atoms with van der Waals surface area (Å²) in [5.74, 6) is -0.170. The van der Waals surface area contributed by atoms with Gasteiger partial charge >= 0.3 is 0 Å². The highest BCUT2D eigenvalue weighted by Gasteiger charge is 1.95. The molecule has 70 valence electrons. The third-order valence-corrected chi connectivity index (χ3v) is 1.76. The third-order valence-electron chi connectivity index (χ3n) is 1.76. The molecule has 1 nitrogen and oxygen atoms in total. The van der Waals surface area contributed by atoms with Crippen LogP contribution in [-0.2, 0) is 6.42 Å². The number of aliphatic hydroxyl groups is 1. The van der Waals surface area contributed by atoms with Gasteiger partial charge in [-0.05, 0) is 24.5 Å². The molecule has 0 aromatic heterocycles. The lowest BCUT2D eigenvalue weighted by Gasteiger charge is -1.97. The average molecular weight is 180 g/mol. The first-order valence-corrected chi connectivity index (χ1v) is 4.34. The van der Waals surface area contributed by atoms with E-state index in [4.69, 9.17) is 5.11 Å². The Morgan fingerprint density at radius 1 is 1.23 bits per heavy atom. The summed E-state index contributed by atoms with van der Waals surface area (Å²) in [5.41, 5.74) is 0.691. The van der Waals surface area contributed by atoms with E-state index in [1.165, 1.54) is 6.07 Å². The highest BCUT2D eigenvalue weighted by atomic mass is 19.1. The Morgan fingerprint density at radius 3 is 2.69 bits per heavy atom. The maximum Gasteiger partial charge on any atom is 0.126 e. The zero-order chi connectivity index (χ0) is 9.52. The van der Waals surface area contributed by atoms with E-state index in [2.05, 4.69) is 0 Å². The van der Waals surface area contributed by atoms with Crippen molar-refractivity contribution in [2.45, 2.75) is 12.8 Å². The molecule has 0 fully saturated rings. The van der Waals surface area contributed by atoms with Gasteiger partial charge in [-0.15, -0.1) is 0 Å². The Kier molecular flexibility index (Phi) is 4.19. The predicted molar refractivity (Wildman–Crippen MR) is 50.9 cm³/mol. The van der Waals surface area contributed by atoms with Crippen molar-refractivity contribution in [1.29, 1.82) is 0 Å². The zero-order valence-corrected chi connectivity index (χ0v) is 7.41. The number of halogens is 1. The molecule has 0 saturated heterocycles. The van der Waals surface area contributed by atoms with Gasteiger partial charge in [-0.25, -0.2) is 4.39 Å². The van der Waals surface area contributed by atoms with E-state index < -0.39 is 0 Å². The minimum Gasteiger partial charge on any atom is -0.396 e. The molecule has 0 atom stereocenters. The molecule has 0 bridgehead atoms. The van der Waals surface area contributed by atoms with Crippen molar-refractivity contribution < 1.29 is 9.50 Å². The van der Waals surface area contributed by atoms with Crippen molar-refractivity contribution in [3.63, 3.8) is 0 Å². The summed E-state index contributed by atoms with van der Waals surface area (Å²) >= 11 is 0. The minimum atomic E-state index is -0.170. The highest BCUT2D eigenvalue weighted by Crippen LogP contribution is 2.07. The van der Waals surface area contributed by atoms with Gasteiger partial charge in [-0.1, -0.05) is 30.4 Å². The van der Waals surface area contributed by atoms with Crippen LogP contribution in [-0.4, -0.2) is 11.7 Å². The summed E-state index contributed by atoms with van der Waals surface area (Å²) in [4.78, 5) is 0. The second-order valence-corrected chi connectivity index (χ2v) is 2.78. The summed E-state index contributed by atoms with van der Waals surface area (Å²) in [6, 6.07) is 6.71. The van der Waals surface area contributed by atoms with Crippen molar-refractivity contribution >= 4 is 0 Å². The second kappa shape index (κ2) is 5.49. The molecule has 0 saturated carbocycles. The summed E-state index contributed by atoms with van der Waals surface area (Å²) < 4.78 is 13.0. The van der Waals surface area contributed by atoms with Crippen LogP contribution in [0.25, 0.3) is 0 Å². The van der Waals surface area contributed by atoms with Crippen molar-refractivity contribution in [3.8, 4) is 0 Å². The van der Waals surface area contributed by atoms with Crippen LogP contribution in [0.5, 0.6) is 0 Å². The van der Waals surface area contributed by atoms with E-state index in [-0.39, 0.29) is 12.4 Å². The fraction of sp³-hybridized carbons (Fsp3) is 0.273. The number of benzene rings is 1. The Bertz CT molecular complexity index is 281. The molecular formula is C11H13FO. The molecule has 0 aliphatic carbocycles. The van der Waals surface area contributed by atoms with Crippen LogP contribution in [0, 0.1) is 5.82 Å². The molecule has 1 aromatic rings. The van der Waals surface area contributed by atoms with Crippen molar-refractivity contribution in [2.24, 2.45) is 0 Å². The SMILES string of the molecule is OCC/C=C\Cc1ccccc1F. The molecule has 0 radical (unpaired) electrons. The number of rotatable bonds is 4. The summed E-state index contributed by atoms with van der Waals surface area (Å²) in [5, 5.41) is 8.49. The lowest BCUT2D eigenvalue weighted by atomic mass is 10.1. The van der Waals surface area contributed by atoms with Crippen LogP contribution in [0.3, 0.4) is 0 Å². The molecule has 0 amide bonds. The minimum absolute atomic E-state index is 0.147. The monoisotopic (exact) mass is 180 g/mol. The number of hydrogen-bond donors (Lipinski definition) is 1. The number of aliphatic hydroxyl groups excluding tert-OH is 1. The lowest BCUT2D eigenvalue weighted by Crippen LogP contribution is -1.86. The topological polar surface area (TPSA) is 20.2 Å². The molecule has 2 heteroatoms. The summed E-state index contributed by atoms with van der Waals surface area (Å²) in [7, 11) is 0. The van der Waals surface area contributed by atoms with E-state index in [0.29, 0.717) is 18.4 Å². The van der Waals surface area contributed by atoms with E-state index >= 15 is 0 Å². The van der Waals surface area contributed by atoms with E-state index in [9.17, 15) is 4.39 Å².